The van der Waals surface area contributed by atoms with E-state index in [4.69, 9.17) is 4.74 Å². The van der Waals surface area contributed by atoms with Crippen LogP contribution in [0.5, 0.6) is 0 Å². The first-order valence-corrected chi connectivity index (χ1v) is 13.8. The molecule has 0 radical (unpaired) electrons. The summed E-state index contributed by atoms with van der Waals surface area (Å²) in [7, 11) is -4.00. The number of rotatable bonds is 8. The minimum atomic E-state index is -3.53. The van der Waals surface area contributed by atoms with Gasteiger partial charge in [0, 0.05) is 11.6 Å². The summed E-state index contributed by atoms with van der Waals surface area (Å²) in [6, 6.07) is 11.6. The van der Waals surface area contributed by atoms with Gasteiger partial charge < -0.3 is 4.74 Å². The van der Waals surface area contributed by atoms with Crippen LogP contribution in [-0.4, -0.2) is 29.2 Å². The molecule has 0 aliphatic heterocycles. The minimum Gasteiger partial charge on any atom is -0.370 e. The number of hydrogen-bond acceptors (Lipinski definition) is 3. The third kappa shape index (κ3) is 4.05. The number of allylic oxidation sites excluding steroid dienone is 1. The van der Waals surface area contributed by atoms with E-state index < -0.39 is 23.5 Å². The van der Waals surface area contributed by atoms with Gasteiger partial charge in [0.05, 0.1) is 4.90 Å². The Balaban J connectivity index is 2.73. The molecule has 0 heterocycles. The van der Waals surface area contributed by atoms with Crippen molar-refractivity contribution in [1.29, 1.82) is 0 Å². The minimum absolute atomic E-state index is 0.393. The Morgan fingerprint density at radius 3 is 2.23 bits per heavy atom. The summed E-state index contributed by atoms with van der Waals surface area (Å²) in [5.74, 6) is 0. The van der Waals surface area contributed by atoms with Crippen molar-refractivity contribution in [3.05, 3.63) is 53.1 Å². The van der Waals surface area contributed by atoms with Gasteiger partial charge in [-0.1, -0.05) is 69.3 Å². The normalized spacial score (nSPS) is 21.8. The van der Waals surface area contributed by atoms with Gasteiger partial charge in [0.15, 0.2) is 9.84 Å². The lowest BCUT2D eigenvalue weighted by Gasteiger charge is -2.35. The van der Waals surface area contributed by atoms with Gasteiger partial charge in [-0.3, -0.25) is 0 Å². The van der Waals surface area contributed by atoms with Gasteiger partial charge in [-0.2, -0.15) is 0 Å². The van der Waals surface area contributed by atoms with E-state index in [1.54, 1.807) is 31.4 Å². The number of hydrogen-bond donors (Lipinski definition) is 0. The molecule has 144 valence electrons. The maximum Gasteiger partial charge on any atom is 0.198 e. The summed E-state index contributed by atoms with van der Waals surface area (Å²) < 4.78 is 33.9. The van der Waals surface area contributed by atoms with E-state index in [9.17, 15) is 8.42 Å². The van der Waals surface area contributed by atoms with Gasteiger partial charge >= 0.3 is 0 Å². The smallest absolute Gasteiger partial charge is 0.198 e. The lowest BCUT2D eigenvalue weighted by atomic mass is 9.91. The summed E-state index contributed by atoms with van der Waals surface area (Å²) in [5.41, 5.74) is -0.604. The number of ether oxygens (including phenoxy) is 1. The standard InChI is InChI=1S/C21H32O3SSi/c1-5-26(6-2,7-3)20(18-21(24-4)16-12-9-13-17-21)25(22,23)19-14-10-8-11-15-19/h8,10-12,14-16,18H,5-7,9,13,17H2,1-4H3/b20-18+. The molecule has 3 nitrogen and oxygen atoms in total. The van der Waals surface area contributed by atoms with E-state index in [1.165, 1.54) is 0 Å². The maximum absolute atomic E-state index is 13.7. The highest BCUT2D eigenvalue weighted by Gasteiger charge is 2.42. The molecule has 0 N–H and O–H groups in total. The molecule has 1 atom stereocenters. The quantitative estimate of drug-likeness (QED) is 0.432. The van der Waals surface area contributed by atoms with Crippen LogP contribution >= 0.6 is 0 Å². The van der Waals surface area contributed by atoms with E-state index in [0.29, 0.717) is 9.42 Å². The summed E-state index contributed by atoms with van der Waals surface area (Å²) in [4.78, 5) is 0.393. The topological polar surface area (TPSA) is 43.4 Å². The van der Waals surface area contributed by atoms with Crippen LogP contribution in [0.2, 0.25) is 18.1 Å². The predicted molar refractivity (Wildman–Crippen MR) is 112 cm³/mol. The van der Waals surface area contributed by atoms with Crippen LogP contribution in [-0.2, 0) is 14.6 Å². The molecule has 26 heavy (non-hydrogen) atoms. The first-order chi connectivity index (χ1) is 12.4. The van der Waals surface area contributed by atoms with E-state index in [2.05, 4.69) is 32.9 Å². The molecule has 1 unspecified atom stereocenters. The van der Waals surface area contributed by atoms with Crippen LogP contribution in [0.4, 0.5) is 0 Å². The maximum atomic E-state index is 13.7. The Bertz CT molecular complexity index is 740. The fourth-order valence-electron chi connectivity index (χ4n) is 3.95. The van der Waals surface area contributed by atoms with E-state index in [1.807, 2.05) is 12.1 Å². The van der Waals surface area contributed by atoms with Crippen LogP contribution in [0.3, 0.4) is 0 Å². The van der Waals surface area contributed by atoms with Crippen molar-refractivity contribution < 1.29 is 13.2 Å². The lowest BCUT2D eigenvalue weighted by Crippen LogP contribution is -2.41. The van der Waals surface area contributed by atoms with Crippen molar-refractivity contribution in [2.24, 2.45) is 0 Å². The summed E-state index contributed by atoms with van der Waals surface area (Å²) in [5, 5.41) is 0. The van der Waals surface area contributed by atoms with E-state index >= 15 is 0 Å². The average Bonchev–Trinajstić information content (AvgIpc) is 2.70. The highest BCUT2D eigenvalue weighted by Crippen LogP contribution is 2.39. The molecule has 0 aromatic heterocycles. The van der Waals surface area contributed by atoms with Gasteiger partial charge in [0.1, 0.15) is 13.7 Å². The van der Waals surface area contributed by atoms with Crippen LogP contribution in [0, 0.1) is 0 Å². The second-order valence-corrected chi connectivity index (χ2v) is 14.6. The van der Waals surface area contributed by atoms with Gasteiger partial charge in [-0.05, 0) is 37.5 Å². The molecule has 5 heteroatoms. The van der Waals surface area contributed by atoms with Gasteiger partial charge in [0.2, 0.25) is 0 Å². The average molecular weight is 393 g/mol. The number of sulfone groups is 1. The first kappa shape index (κ1) is 21.1. The summed E-state index contributed by atoms with van der Waals surface area (Å²) >= 11 is 0. The number of methoxy groups -OCH3 is 1. The molecule has 2 rings (SSSR count). The predicted octanol–water partition coefficient (Wildman–Crippen LogP) is 5.52. The second-order valence-electron chi connectivity index (χ2n) is 7.12. The molecule has 0 bridgehead atoms. The lowest BCUT2D eigenvalue weighted by molar-refractivity contribution is 0.0612. The van der Waals surface area contributed by atoms with Crippen LogP contribution in [0.25, 0.3) is 0 Å². The van der Waals surface area contributed by atoms with Crippen molar-refractivity contribution in [2.45, 2.75) is 68.7 Å². The molecule has 0 fully saturated rings. The van der Waals surface area contributed by atoms with Crippen molar-refractivity contribution in [1.82, 2.24) is 0 Å². The molecule has 0 amide bonds. The monoisotopic (exact) mass is 392 g/mol. The SMILES string of the molecule is CC[Si](CC)(CC)/C(=C/C1(OC)C=CCCC1)S(=O)(=O)c1ccccc1. The molecule has 0 saturated carbocycles. The van der Waals surface area contributed by atoms with Crippen LogP contribution in [0.15, 0.2) is 58.0 Å². The molecule has 0 spiro atoms. The third-order valence-corrected chi connectivity index (χ3v) is 14.9. The van der Waals surface area contributed by atoms with Gasteiger partial charge in [-0.25, -0.2) is 8.42 Å². The Labute approximate surface area is 160 Å². The summed E-state index contributed by atoms with van der Waals surface area (Å²) in [6.45, 7) is 6.43. The molecule has 0 saturated heterocycles. The van der Waals surface area contributed by atoms with Crippen molar-refractivity contribution in [2.75, 3.05) is 7.11 Å². The van der Waals surface area contributed by atoms with Crippen molar-refractivity contribution in [3.8, 4) is 0 Å². The molecule has 1 aliphatic carbocycles. The molecular weight excluding hydrogens is 360 g/mol. The fraction of sp³-hybridized carbons (Fsp3) is 0.524. The highest BCUT2D eigenvalue weighted by molar-refractivity contribution is 7.97. The zero-order valence-electron chi connectivity index (χ0n) is 16.5. The molecule has 1 aromatic carbocycles. The zero-order valence-corrected chi connectivity index (χ0v) is 18.3. The van der Waals surface area contributed by atoms with E-state index in [0.717, 1.165) is 37.4 Å². The zero-order chi connectivity index (χ0) is 19.3. The Morgan fingerprint density at radius 2 is 1.77 bits per heavy atom. The Hall–Kier alpha value is -1.17. The molecular formula is C21H32O3SSi. The first-order valence-electron chi connectivity index (χ1n) is 9.66. The second kappa shape index (κ2) is 8.68. The third-order valence-electron chi connectivity index (χ3n) is 5.99. The van der Waals surface area contributed by atoms with Crippen molar-refractivity contribution >= 4 is 17.9 Å². The Morgan fingerprint density at radius 1 is 1.15 bits per heavy atom. The highest BCUT2D eigenvalue weighted by atomic mass is 32.2. The number of benzene rings is 1. The van der Waals surface area contributed by atoms with Gasteiger partial charge in [-0.15, -0.1) is 0 Å². The van der Waals surface area contributed by atoms with Crippen molar-refractivity contribution in [3.63, 3.8) is 0 Å². The van der Waals surface area contributed by atoms with Gasteiger partial charge in [0.25, 0.3) is 0 Å². The van der Waals surface area contributed by atoms with E-state index in [-0.39, 0.29) is 0 Å². The molecule has 1 aliphatic rings. The Kier molecular flexibility index (Phi) is 7.05. The molecule has 1 aromatic rings. The fourth-order valence-corrected chi connectivity index (χ4v) is 12.1. The largest absolute Gasteiger partial charge is 0.370 e. The summed E-state index contributed by atoms with van der Waals surface area (Å²) in [6.07, 6.45) is 9.00. The van der Waals surface area contributed by atoms with Crippen LogP contribution in [0.1, 0.15) is 40.0 Å². The van der Waals surface area contributed by atoms with Crippen LogP contribution < -0.4 is 0 Å².